The van der Waals surface area contributed by atoms with Crippen molar-refractivity contribution >= 4 is 56.6 Å². The highest BCUT2D eigenvalue weighted by Gasteiger charge is 2.23. The fraction of sp³-hybridized carbons (Fsp3) is 0. The highest BCUT2D eigenvalue weighted by molar-refractivity contribution is 9.10. The zero-order valence-corrected chi connectivity index (χ0v) is 13.0. The van der Waals surface area contributed by atoms with Crippen molar-refractivity contribution in [3.8, 4) is 0 Å². The zero-order valence-electron chi connectivity index (χ0n) is 10.7. The van der Waals surface area contributed by atoms with Crippen LogP contribution in [0.5, 0.6) is 0 Å². The Morgan fingerprint density at radius 3 is 2.71 bits per heavy atom. The van der Waals surface area contributed by atoms with Gasteiger partial charge in [-0.1, -0.05) is 27.5 Å². The molecule has 3 rings (SSSR count). The lowest BCUT2D eigenvalue weighted by Crippen LogP contribution is -2.11. The number of fused-ring (bicyclic) bond motifs is 1. The van der Waals surface area contributed by atoms with E-state index in [2.05, 4.69) is 31.4 Å². The largest absolute Gasteiger partial charge is 0.287 e. The summed E-state index contributed by atoms with van der Waals surface area (Å²) in [5, 5.41) is 4.68. The average Bonchev–Trinajstić information content (AvgIpc) is 2.78. The Kier molecular flexibility index (Phi) is 3.86. The van der Waals surface area contributed by atoms with E-state index in [1.807, 2.05) is 6.07 Å². The number of nitrogens with one attached hydrogen (secondary N) is 1. The summed E-state index contributed by atoms with van der Waals surface area (Å²) in [6.07, 6.45) is 1.42. The van der Waals surface area contributed by atoms with Crippen LogP contribution in [0, 0.1) is 0 Å². The molecule has 104 valence electrons. The smallest absolute Gasteiger partial charge is 0.215 e. The van der Waals surface area contributed by atoms with Crippen molar-refractivity contribution in [1.82, 2.24) is 0 Å². The van der Waals surface area contributed by atoms with Gasteiger partial charge in [-0.3, -0.25) is 10.2 Å². The van der Waals surface area contributed by atoms with Crippen LogP contribution in [0.3, 0.4) is 0 Å². The number of rotatable bonds is 3. The third-order valence-electron chi connectivity index (χ3n) is 2.90. The third-order valence-corrected chi connectivity index (χ3v) is 3.65. The number of hydrazone groups is 1. The maximum absolute atomic E-state index is 12.1. The summed E-state index contributed by atoms with van der Waals surface area (Å²) in [6, 6.07) is 12.5. The molecule has 0 saturated heterocycles. The van der Waals surface area contributed by atoms with Gasteiger partial charge in [0.1, 0.15) is 5.71 Å². The van der Waals surface area contributed by atoms with E-state index in [4.69, 9.17) is 11.6 Å². The van der Waals surface area contributed by atoms with Gasteiger partial charge in [0.2, 0.25) is 5.78 Å². The number of hydrogen-bond acceptors (Lipinski definition) is 4. The predicted molar refractivity (Wildman–Crippen MR) is 89.1 cm³/mol. The average molecular weight is 363 g/mol. The number of anilines is 1. The van der Waals surface area contributed by atoms with E-state index in [1.54, 1.807) is 36.4 Å². The van der Waals surface area contributed by atoms with E-state index in [9.17, 15) is 4.79 Å². The first-order chi connectivity index (χ1) is 10.1. The molecule has 1 N–H and O–H groups in total. The van der Waals surface area contributed by atoms with Crippen molar-refractivity contribution in [3.63, 3.8) is 0 Å². The van der Waals surface area contributed by atoms with E-state index >= 15 is 0 Å². The molecule has 0 aromatic heterocycles. The number of carbonyl (C=O) groups is 1. The van der Waals surface area contributed by atoms with Crippen LogP contribution in [0.1, 0.15) is 10.4 Å². The molecule has 1 aliphatic heterocycles. The normalized spacial score (nSPS) is 13.4. The minimum absolute atomic E-state index is 0.132. The van der Waals surface area contributed by atoms with Gasteiger partial charge in [0.25, 0.3) is 0 Å². The van der Waals surface area contributed by atoms with E-state index < -0.39 is 0 Å². The van der Waals surface area contributed by atoms with Gasteiger partial charge in [0, 0.05) is 9.50 Å². The first-order valence-corrected chi connectivity index (χ1v) is 7.28. The fourth-order valence-corrected chi connectivity index (χ4v) is 2.37. The van der Waals surface area contributed by atoms with Crippen LogP contribution in [0.2, 0.25) is 5.02 Å². The van der Waals surface area contributed by atoms with Gasteiger partial charge >= 0.3 is 0 Å². The fourth-order valence-electron chi connectivity index (χ4n) is 1.89. The minimum atomic E-state index is -0.132. The van der Waals surface area contributed by atoms with Crippen LogP contribution < -0.4 is 5.43 Å². The van der Waals surface area contributed by atoms with Crippen LogP contribution in [-0.2, 0) is 0 Å². The lowest BCUT2D eigenvalue weighted by atomic mass is 10.1. The molecule has 0 spiro atoms. The van der Waals surface area contributed by atoms with Crippen LogP contribution in [0.15, 0.2) is 57.0 Å². The maximum Gasteiger partial charge on any atom is 0.215 e. The second kappa shape index (κ2) is 5.79. The minimum Gasteiger partial charge on any atom is -0.287 e. The number of nitrogens with zero attached hydrogens (tertiary/aromatic N) is 2. The van der Waals surface area contributed by atoms with Gasteiger partial charge in [0.05, 0.1) is 23.2 Å². The topological polar surface area (TPSA) is 53.8 Å². The zero-order chi connectivity index (χ0) is 14.8. The van der Waals surface area contributed by atoms with Crippen molar-refractivity contribution in [1.29, 1.82) is 0 Å². The SMILES string of the molecule is O=C1C(/C=N/Nc2ccc(Cl)cc2)=Nc2ccc(Br)cc21. The van der Waals surface area contributed by atoms with E-state index in [1.165, 1.54) is 6.21 Å². The van der Waals surface area contributed by atoms with Crippen molar-refractivity contribution in [2.45, 2.75) is 0 Å². The van der Waals surface area contributed by atoms with Gasteiger partial charge < -0.3 is 0 Å². The molecular weight excluding hydrogens is 354 g/mol. The van der Waals surface area contributed by atoms with Gasteiger partial charge in [-0.2, -0.15) is 5.10 Å². The highest BCUT2D eigenvalue weighted by Crippen LogP contribution is 2.29. The molecule has 0 radical (unpaired) electrons. The molecule has 4 nitrogen and oxygen atoms in total. The van der Waals surface area contributed by atoms with Crippen LogP contribution in [0.25, 0.3) is 0 Å². The molecule has 0 saturated carbocycles. The Hall–Kier alpha value is -1.98. The number of halogens is 2. The number of Topliss-reactive ketones (excluding diaryl/α,β-unsaturated/α-hetero) is 1. The van der Waals surface area contributed by atoms with Crippen LogP contribution in [0.4, 0.5) is 11.4 Å². The molecule has 0 aliphatic carbocycles. The molecule has 6 heteroatoms. The predicted octanol–water partition coefficient (Wildman–Crippen LogP) is 4.47. The monoisotopic (exact) mass is 361 g/mol. The maximum atomic E-state index is 12.1. The van der Waals surface area contributed by atoms with Gasteiger partial charge in [-0.15, -0.1) is 0 Å². The molecule has 2 aromatic rings. The summed E-state index contributed by atoms with van der Waals surface area (Å²) in [6.45, 7) is 0. The Balaban J connectivity index is 1.73. The Morgan fingerprint density at radius 1 is 1.19 bits per heavy atom. The summed E-state index contributed by atoms with van der Waals surface area (Å²) in [5.41, 5.74) is 5.16. The van der Waals surface area contributed by atoms with Crippen molar-refractivity contribution in [2.75, 3.05) is 5.43 Å². The third kappa shape index (κ3) is 3.04. The molecule has 0 atom stereocenters. The van der Waals surface area contributed by atoms with Crippen LogP contribution >= 0.6 is 27.5 Å². The van der Waals surface area contributed by atoms with E-state index in [-0.39, 0.29) is 5.78 Å². The second-order valence-electron chi connectivity index (χ2n) is 4.36. The lowest BCUT2D eigenvalue weighted by Gasteiger charge is -1.99. The summed E-state index contributed by atoms with van der Waals surface area (Å²) in [5.74, 6) is -0.132. The molecule has 0 amide bonds. The van der Waals surface area contributed by atoms with Gasteiger partial charge in [-0.25, -0.2) is 4.99 Å². The number of hydrogen-bond donors (Lipinski definition) is 1. The summed E-state index contributed by atoms with van der Waals surface area (Å²) < 4.78 is 0.849. The van der Waals surface area contributed by atoms with E-state index in [0.29, 0.717) is 22.0 Å². The number of carbonyl (C=O) groups excluding carboxylic acids is 1. The number of aliphatic imine (C=N–C) groups is 1. The number of ketones is 1. The van der Waals surface area contributed by atoms with Crippen molar-refractivity contribution in [3.05, 3.63) is 57.5 Å². The molecule has 1 heterocycles. The first-order valence-electron chi connectivity index (χ1n) is 6.11. The van der Waals surface area contributed by atoms with Crippen molar-refractivity contribution in [2.24, 2.45) is 10.1 Å². The van der Waals surface area contributed by atoms with Crippen molar-refractivity contribution < 1.29 is 4.79 Å². The number of benzene rings is 2. The summed E-state index contributed by atoms with van der Waals surface area (Å²) in [4.78, 5) is 16.4. The second-order valence-corrected chi connectivity index (χ2v) is 5.72. The first kappa shape index (κ1) is 14.0. The highest BCUT2D eigenvalue weighted by atomic mass is 79.9. The lowest BCUT2D eigenvalue weighted by molar-refractivity contribution is 0.107. The molecular formula is C15H9BrClN3O. The Bertz CT molecular complexity index is 769. The molecule has 0 bridgehead atoms. The Morgan fingerprint density at radius 2 is 1.95 bits per heavy atom. The van der Waals surface area contributed by atoms with Gasteiger partial charge in [-0.05, 0) is 42.5 Å². The van der Waals surface area contributed by atoms with Crippen LogP contribution in [-0.4, -0.2) is 17.7 Å². The molecule has 21 heavy (non-hydrogen) atoms. The molecule has 0 fully saturated rings. The quantitative estimate of drug-likeness (QED) is 0.647. The van der Waals surface area contributed by atoms with E-state index in [0.717, 1.165) is 10.2 Å². The summed E-state index contributed by atoms with van der Waals surface area (Å²) >= 11 is 9.14. The molecule has 1 aliphatic rings. The Labute approximate surface area is 134 Å². The molecule has 0 unspecified atom stereocenters. The molecule has 2 aromatic carbocycles. The standard InChI is InChI=1S/C15H9BrClN3O/c16-9-1-6-13-12(7-9)15(21)14(19-13)8-18-20-11-4-2-10(17)3-5-11/h1-8,20H/b18-8+. The van der Waals surface area contributed by atoms with Gasteiger partial charge in [0.15, 0.2) is 0 Å². The summed E-state index contributed by atoms with van der Waals surface area (Å²) in [7, 11) is 0.